The molecule has 0 amide bonds. The van der Waals surface area contributed by atoms with Gasteiger partial charge in [-0.15, -0.1) is 0 Å². The van der Waals surface area contributed by atoms with Crippen molar-refractivity contribution in [1.29, 1.82) is 0 Å². The standard InChI is InChI=1S/C22H31NO/c1-16(2)23(17(3)4)14-13-20(19-9-7-6-8-10-19)21-15-18(5)11-12-22(21)24/h6-12,15-17,20,24H,13-14H2,1-5H3/i1D3,2D3,3D3,4D3,16D,17D. The first kappa shape index (κ1) is 7.21. The van der Waals surface area contributed by atoms with Crippen molar-refractivity contribution < 1.29 is 24.3 Å². The van der Waals surface area contributed by atoms with E-state index in [2.05, 4.69) is 0 Å². The summed E-state index contributed by atoms with van der Waals surface area (Å²) in [6.07, 6.45) is -0.319. The van der Waals surface area contributed by atoms with Gasteiger partial charge in [0.05, 0.1) is 0 Å². The largest absolute Gasteiger partial charge is 0.508 e. The molecule has 0 fully saturated rings. The maximum atomic E-state index is 10.6. The molecule has 1 atom stereocenters. The zero-order chi connectivity index (χ0) is 29.5. The van der Waals surface area contributed by atoms with Crippen LogP contribution in [0.1, 0.15) is 75.6 Å². The molecular formula is C22H31NO. The minimum Gasteiger partial charge on any atom is -0.508 e. The summed E-state index contributed by atoms with van der Waals surface area (Å²) in [6, 6.07) is 5.61. The second kappa shape index (κ2) is 8.34. The van der Waals surface area contributed by atoms with Gasteiger partial charge in [0.2, 0.25) is 0 Å². The predicted molar refractivity (Wildman–Crippen MR) is 103 cm³/mol. The average molecular weight is 340 g/mol. The molecule has 0 aliphatic rings. The topological polar surface area (TPSA) is 23.5 Å². The molecule has 2 heteroatoms. The van der Waals surface area contributed by atoms with Gasteiger partial charge in [-0.2, -0.15) is 0 Å². The van der Waals surface area contributed by atoms with E-state index in [9.17, 15) is 5.11 Å². The minimum atomic E-state index is -3.78. The van der Waals surface area contributed by atoms with E-state index in [1.165, 1.54) is 6.07 Å². The average Bonchev–Trinajstić information content (AvgIpc) is 2.75. The Kier molecular flexibility index (Phi) is 2.51. The molecule has 0 bridgehead atoms. The van der Waals surface area contributed by atoms with Gasteiger partial charge in [-0.25, -0.2) is 0 Å². The number of aryl methyl sites for hydroxylation is 1. The van der Waals surface area contributed by atoms with Crippen molar-refractivity contribution in [2.24, 2.45) is 0 Å². The van der Waals surface area contributed by atoms with Crippen molar-refractivity contribution in [1.82, 2.24) is 4.90 Å². The van der Waals surface area contributed by atoms with Crippen LogP contribution in [-0.2, 0) is 0 Å². The second-order valence-corrected chi connectivity index (χ2v) is 5.66. The summed E-state index contributed by atoms with van der Waals surface area (Å²) in [5, 5.41) is 10.6. The van der Waals surface area contributed by atoms with E-state index in [0.717, 1.165) is 5.56 Å². The quantitative estimate of drug-likeness (QED) is 0.736. The number of aromatic hydroxyl groups is 1. The van der Waals surface area contributed by atoms with E-state index in [1.807, 2.05) is 0 Å². The monoisotopic (exact) mass is 339 g/mol. The molecule has 0 radical (unpaired) electrons. The minimum absolute atomic E-state index is 0.0250. The molecule has 0 saturated carbocycles. The van der Waals surface area contributed by atoms with Gasteiger partial charge >= 0.3 is 0 Å². The molecule has 130 valence electrons. The van der Waals surface area contributed by atoms with Crippen LogP contribution in [0.4, 0.5) is 0 Å². The molecule has 0 aromatic heterocycles. The summed E-state index contributed by atoms with van der Waals surface area (Å²) in [7, 11) is 0. The van der Waals surface area contributed by atoms with Crippen molar-refractivity contribution in [3.63, 3.8) is 0 Å². The Morgan fingerprint density at radius 1 is 1.04 bits per heavy atom. The number of nitrogens with zero attached hydrogens (tertiary/aromatic N) is 1. The molecule has 2 rings (SSSR count). The number of benzene rings is 2. The van der Waals surface area contributed by atoms with Gasteiger partial charge in [0.25, 0.3) is 0 Å². The summed E-state index contributed by atoms with van der Waals surface area (Å²) in [5.74, 6) is -0.947. The van der Waals surface area contributed by atoms with Crippen LogP contribution in [0.5, 0.6) is 5.75 Å². The normalized spacial score (nSPS) is 24.6. The Bertz CT molecular complexity index is 1020. The predicted octanol–water partition coefficient (Wildman–Crippen LogP) is 5.34. The smallest absolute Gasteiger partial charge is 0.119 e. The van der Waals surface area contributed by atoms with Crippen LogP contribution >= 0.6 is 0 Å². The van der Waals surface area contributed by atoms with Crippen molar-refractivity contribution >= 4 is 0 Å². The molecule has 2 aromatic rings. The molecular weight excluding hydrogens is 294 g/mol. The fourth-order valence-electron chi connectivity index (χ4n) is 2.73. The highest BCUT2D eigenvalue weighted by atomic mass is 16.3. The Labute approximate surface area is 166 Å². The lowest BCUT2D eigenvalue weighted by Crippen LogP contribution is -2.38. The van der Waals surface area contributed by atoms with Gasteiger partial charge in [0.15, 0.2) is 0 Å². The highest BCUT2D eigenvalue weighted by molar-refractivity contribution is 5.43. The molecule has 1 N–H and O–H groups in total. The molecule has 2 nitrogen and oxygen atoms in total. The lowest BCUT2D eigenvalue weighted by atomic mass is 9.87. The lowest BCUT2D eigenvalue weighted by molar-refractivity contribution is 0.170. The van der Waals surface area contributed by atoms with Gasteiger partial charge in [-0.3, -0.25) is 4.90 Å². The number of hydrogen-bond acceptors (Lipinski definition) is 2. The van der Waals surface area contributed by atoms with Gasteiger partial charge in [-0.05, 0) is 58.9 Å². The van der Waals surface area contributed by atoms with Crippen LogP contribution in [0, 0.1) is 6.92 Å². The molecule has 0 spiro atoms. The molecule has 0 heterocycles. The number of hydrogen-bond donors (Lipinski definition) is 1. The van der Waals surface area contributed by atoms with Gasteiger partial charge in [0, 0.05) is 42.7 Å². The SMILES string of the molecule is [2H]C([2H])([2H])C([2H])(N(CCC(c1ccccc1)c1cc(C)ccc1O)C([2H])(C([2H])([2H])[2H])C([2H])([2H])[2H])C([2H])([2H])[2H]. The van der Waals surface area contributed by atoms with Gasteiger partial charge < -0.3 is 5.11 Å². The van der Waals surface area contributed by atoms with Crippen LogP contribution in [0.2, 0.25) is 0 Å². The molecule has 24 heavy (non-hydrogen) atoms. The maximum Gasteiger partial charge on any atom is 0.119 e. The van der Waals surface area contributed by atoms with E-state index in [0.29, 0.717) is 11.1 Å². The second-order valence-electron chi connectivity index (χ2n) is 5.66. The molecule has 1 unspecified atom stereocenters. The van der Waals surface area contributed by atoms with Crippen LogP contribution in [-0.4, -0.2) is 28.6 Å². The zero-order valence-corrected chi connectivity index (χ0v) is 13.5. The van der Waals surface area contributed by atoms with Crippen molar-refractivity contribution in [3.8, 4) is 5.75 Å². The van der Waals surface area contributed by atoms with E-state index in [4.69, 9.17) is 19.2 Å². The highest BCUT2D eigenvalue weighted by Crippen LogP contribution is 2.35. The van der Waals surface area contributed by atoms with Gasteiger partial charge in [-0.1, -0.05) is 48.0 Å². The Hall–Kier alpha value is -1.80. The first-order chi connectivity index (χ1) is 17.0. The third-order valence-corrected chi connectivity index (χ3v) is 3.94. The molecule has 0 saturated heterocycles. The third-order valence-electron chi connectivity index (χ3n) is 3.94. The summed E-state index contributed by atoms with van der Waals surface area (Å²) in [4.78, 5) is -0.0250. The first-order valence-corrected chi connectivity index (χ1v) is 7.62. The Balaban J connectivity index is 2.84. The number of phenols is 1. The molecule has 0 aliphatic carbocycles. The zero-order valence-electron chi connectivity index (χ0n) is 27.5. The summed E-state index contributed by atoms with van der Waals surface area (Å²) < 4.78 is 112. The van der Waals surface area contributed by atoms with Crippen molar-refractivity contribution in [2.75, 3.05) is 6.54 Å². The molecule has 0 aliphatic heterocycles. The molecule has 2 aromatic carbocycles. The van der Waals surface area contributed by atoms with Crippen molar-refractivity contribution in [3.05, 3.63) is 65.2 Å². The van der Waals surface area contributed by atoms with E-state index in [1.54, 1.807) is 49.4 Å². The number of phenolic OH excluding ortho intramolecular Hbond substituents is 1. The van der Waals surface area contributed by atoms with Crippen LogP contribution in [0.3, 0.4) is 0 Å². The Morgan fingerprint density at radius 3 is 2.33 bits per heavy atom. The lowest BCUT2D eigenvalue weighted by Gasteiger charge is -2.32. The maximum absolute atomic E-state index is 10.6. The van der Waals surface area contributed by atoms with Crippen molar-refractivity contribution in [2.45, 2.75) is 58.7 Å². The first-order valence-electron chi connectivity index (χ1n) is 14.6. The van der Waals surface area contributed by atoms with E-state index in [-0.39, 0.29) is 17.1 Å². The van der Waals surface area contributed by atoms with E-state index >= 15 is 0 Å². The van der Waals surface area contributed by atoms with Crippen LogP contribution in [0.25, 0.3) is 0 Å². The fourth-order valence-corrected chi connectivity index (χ4v) is 2.73. The highest BCUT2D eigenvalue weighted by Gasteiger charge is 2.21. The fraction of sp³-hybridized carbons (Fsp3) is 0.455. The number of rotatable bonds is 7. The third kappa shape index (κ3) is 4.61. The van der Waals surface area contributed by atoms with Crippen LogP contribution in [0.15, 0.2) is 48.5 Å². The van der Waals surface area contributed by atoms with E-state index < -0.39 is 51.9 Å². The Morgan fingerprint density at radius 2 is 1.71 bits per heavy atom. The summed E-state index contributed by atoms with van der Waals surface area (Å²) in [6.45, 7) is -14.1. The summed E-state index contributed by atoms with van der Waals surface area (Å²) in [5.41, 5.74) is 1.66. The van der Waals surface area contributed by atoms with Crippen LogP contribution < -0.4 is 0 Å². The van der Waals surface area contributed by atoms with Gasteiger partial charge in [0.1, 0.15) is 5.75 Å². The summed E-state index contributed by atoms with van der Waals surface area (Å²) >= 11 is 0.